The fourth-order valence-corrected chi connectivity index (χ4v) is 23.3. The first-order valence-corrected chi connectivity index (χ1v) is 37.8. The first kappa shape index (κ1) is 65.7. The molecule has 0 radical (unpaired) electrons. The number of amides is 2. The summed E-state index contributed by atoms with van der Waals surface area (Å²) in [5, 5.41) is 33.3. The number of aromatic amines is 1. The van der Waals surface area contributed by atoms with Crippen LogP contribution < -0.4 is 25.0 Å². The Labute approximate surface area is 565 Å². The van der Waals surface area contributed by atoms with Gasteiger partial charge in [0, 0.05) is 91.6 Å². The van der Waals surface area contributed by atoms with E-state index in [0.29, 0.717) is 95.3 Å². The van der Waals surface area contributed by atoms with Crippen molar-refractivity contribution >= 4 is 90.4 Å². The number of piperazine rings is 1. The number of benzene rings is 3. The van der Waals surface area contributed by atoms with Crippen LogP contribution in [0.5, 0.6) is 11.9 Å². The number of ether oxygens (including phenoxy) is 2. The van der Waals surface area contributed by atoms with Crippen LogP contribution in [0.3, 0.4) is 0 Å². The van der Waals surface area contributed by atoms with E-state index >= 15 is 13.2 Å². The van der Waals surface area contributed by atoms with Gasteiger partial charge in [-0.05, 0) is 114 Å². The zero-order chi connectivity index (χ0) is 67.1. The molecule has 2 amide bonds. The summed E-state index contributed by atoms with van der Waals surface area (Å²) in [6.45, 7) is 22.3. The molecule has 9 aromatic rings. The number of nitrogens with zero attached hydrogens (tertiary/aromatic N) is 9. The number of piperidine rings is 1. The number of aromatic nitrogens is 7. The molecule has 1 aliphatic carbocycles. The van der Waals surface area contributed by atoms with Gasteiger partial charge in [0.25, 0.3) is 11.8 Å². The molecule has 6 aromatic heterocycles. The largest absolute Gasteiger partial charge is 0.475 e. The molecule has 504 valence electrons. The third-order valence-electron chi connectivity index (χ3n) is 21.3. The zero-order valence-corrected chi connectivity index (χ0v) is 58.4. The molecule has 5 fully saturated rings. The van der Waals surface area contributed by atoms with Crippen LogP contribution in [0.1, 0.15) is 122 Å². The number of nitrogens with one attached hydrogen (secondary N) is 3. The molecule has 3 unspecified atom stereocenters. The van der Waals surface area contributed by atoms with Gasteiger partial charge in [0.2, 0.25) is 11.8 Å². The van der Waals surface area contributed by atoms with E-state index in [1.54, 1.807) is 35.9 Å². The summed E-state index contributed by atoms with van der Waals surface area (Å²) in [5.74, 6) is -0.288. The van der Waals surface area contributed by atoms with E-state index in [1.165, 1.54) is 22.3 Å². The molecule has 14 rings (SSSR count). The smallest absolute Gasteiger partial charge is 0.319 e. The van der Waals surface area contributed by atoms with Gasteiger partial charge in [0.1, 0.15) is 43.1 Å². The Hall–Kier alpha value is -7.53. The quantitative estimate of drug-likeness (QED) is 0.0413. The number of aliphatic hydroxyl groups is 1. The number of thiazole rings is 1. The molecule has 4 aliphatic heterocycles. The van der Waals surface area contributed by atoms with E-state index in [9.17, 15) is 14.7 Å². The van der Waals surface area contributed by atoms with Crippen LogP contribution in [0, 0.1) is 41.5 Å². The highest BCUT2D eigenvalue weighted by molar-refractivity contribution is 7.26. The van der Waals surface area contributed by atoms with E-state index in [-0.39, 0.29) is 86.7 Å². The van der Waals surface area contributed by atoms with Crippen LogP contribution in [0.2, 0.25) is 16.6 Å². The topological polar surface area (TPSA) is 213 Å². The first-order chi connectivity index (χ1) is 46.1. The molecule has 1 saturated carbocycles. The number of halogens is 3. The van der Waals surface area contributed by atoms with Gasteiger partial charge in [-0.1, -0.05) is 91.6 Å². The fraction of sp³-hybridized carbons (Fsp3) is 0.500. The monoisotopic (exact) mass is 1360 g/mol. The van der Waals surface area contributed by atoms with Crippen LogP contribution in [0.15, 0.2) is 77.0 Å². The normalized spacial score (nSPS) is 21.8. The second-order valence-electron chi connectivity index (χ2n) is 28.8. The maximum atomic E-state index is 16.7. The second kappa shape index (κ2) is 26.0. The number of aliphatic hydroxyl groups excluding tert-OH is 1. The average Bonchev–Trinajstić information content (AvgIpc) is 1.58. The Morgan fingerprint density at radius 2 is 1.65 bits per heavy atom. The molecule has 4 saturated heterocycles. The van der Waals surface area contributed by atoms with Gasteiger partial charge in [-0.3, -0.25) is 19.7 Å². The van der Waals surface area contributed by atoms with Gasteiger partial charge < -0.3 is 44.4 Å². The number of H-pyrrole nitrogens is 1. The van der Waals surface area contributed by atoms with Crippen molar-refractivity contribution in [2.75, 3.05) is 57.4 Å². The number of thiophene rings is 1. The van der Waals surface area contributed by atoms with Crippen molar-refractivity contribution in [3.8, 4) is 45.1 Å². The third-order valence-corrected chi connectivity index (χ3v) is 29.7. The number of anilines is 1. The number of rotatable bonds is 20. The van der Waals surface area contributed by atoms with Crippen molar-refractivity contribution in [2.24, 2.45) is 17.3 Å². The van der Waals surface area contributed by atoms with E-state index in [2.05, 4.69) is 93.8 Å². The predicted molar refractivity (Wildman–Crippen MR) is 372 cm³/mol. The molecule has 6 atom stereocenters. The summed E-state index contributed by atoms with van der Waals surface area (Å²) in [6, 6.07) is 16.5. The Kier molecular flexibility index (Phi) is 17.8. The Bertz CT molecular complexity index is 4440. The Morgan fingerprint density at radius 1 is 0.906 bits per heavy atom. The number of carbonyl (C=O) groups excluding carboxylic acids is 2. The number of hydrogen-bond donors (Lipinski definition) is 4. The van der Waals surface area contributed by atoms with E-state index in [4.69, 9.17) is 28.9 Å². The predicted octanol–water partition coefficient (Wildman–Crippen LogP) is 13.2. The molecule has 96 heavy (non-hydrogen) atoms. The lowest BCUT2D eigenvalue weighted by Crippen LogP contribution is -2.51. The minimum atomic E-state index is -2.96. The number of carbonyl (C=O) groups is 2. The number of fused-ring (bicyclic) bond motifs is 7. The molecule has 0 spiro atoms. The van der Waals surface area contributed by atoms with Gasteiger partial charge >= 0.3 is 6.01 Å². The minimum absolute atomic E-state index is 0.00767. The highest BCUT2D eigenvalue weighted by atomic mass is 32.1. The molecule has 24 heteroatoms. The summed E-state index contributed by atoms with van der Waals surface area (Å²) in [4.78, 5) is 55.3. The lowest BCUT2D eigenvalue weighted by Gasteiger charge is -2.38. The number of alkyl halides is 2. The molecule has 2 bridgehead atoms. The number of β-amino-alcohol motifs (C(OH)–C–C–N with tert-alkyl or cyclic N) is 1. The summed E-state index contributed by atoms with van der Waals surface area (Å²) >= 11 is 3.02. The van der Waals surface area contributed by atoms with Crippen LogP contribution in [-0.4, -0.2) is 153 Å². The number of aryl methyl sites for hydroxylation is 1. The molecule has 3 aromatic carbocycles. The number of hydrogen-bond acceptors (Lipinski definition) is 17. The summed E-state index contributed by atoms with van der Waals surface area (Å²) < 4.78 is 68.0. The number of likely N-dealkylation sites (tertiary alicyclic amines) is 2. The second-order valence-corrected chi connectivity index (χ2v) is 36.2. The average molecular weight is 1360 g/mol. The summed E-state index contributed by atoms with van der Waals surface area (Å²) in [5.41, 5.74) is 10.6. The SMILES string of the molecule is Cc1ncsc1-c1ccc(CNC(=O)[C@@H]2C[C@@H](O)CN2C(=O)C(c2cc(OCC3CCN(C[C@@]4(COc5nc(N6CC7CCC(C6)N7)c6c(n5)sc5c(-c7c8cn[nH]c8cc8ccc(F)c(C#C[Si](C(C)C)(C(C)C)C(C)C)c78)nccc56)CC4(F)F)CC3)no2)C(C)C)cc1. The standard InChI is InChI=1S/C72H83F3N12O6S2Si/c1-39(2)59(69(90)87-33-50(88)27-56(87)67(89)77-29-44-10-12-46(13-11-44)64-43(9)78-38-94-64)57-28-58(84-93-57)91-34-45-19-23-85(24-20-45)36-71(35-72(71,74)75)37-92-70-81-66(86-31-48-15-16-49(32-86)80-48)62-52-18-22-76-63(65(52)95-68(62)82-70)61-53-30-79-83-55(53)26-47-14-17-54(73)51(60(47)61)21-25-96(40(3)4,41(5)6)42(7)8/h10-14,17-18,22,26,28,30,38-42,45,48-50,56,59,80,88H,15-16,19-20,23-24,27,29,31-37H2,1-9H3,(H,77,89)(H,79,83)/t48?,49?,50-,56+,59?,71-/m1/s1. The van der Waals surface area contributed by atoms with E-state index in [1.807, 2.05) is 62.7 Å². The lowest BCUT2D eigenvalue weighted by atomic mass is 9.91. The van der Waals surface area contributed by atoms with Crippen molar-refractivity contribution < 1.29 is 41.9 Å². The molecule has 5 aliphatic rings. The lowest BCUT2D eigenvalue weighted by molar-refractivity contribution is -0.141. The van der Waals surface area contributed by atoms with Crippen molar-refractivity contribution in [1.29, 1.82) is 0 Å². The van der Waals surface area contributed by atoms with Gasteiger partial charge in [0.05, 0.1) is 67.3 Å². The summed E-state index contributed by atoms with van der Waals surface area (Å²) in [6.07, 6.45) is 5.94. The molecular formula is C72H83F3N12O6S2Si. The number of pyridine rings is 1. The molecule has 18 nitrogen and oxygen atoms in total. The van der Waals surface area contributed by atoms with Gasteiger partial charge in [-0.15, -0.1) is 28.2 Å². The molecule has 4 N–H and O–H groups in total. The van der Waals surface area contributed by atoms with Gasteiger partial charge in [-0.25, -0.2) is 18.2 Å². The van der Waals surface area contributed by atoms with Crippen molar-refractivity contribution in [3.05, 3.63) is 101 Å². The van der Waals surface area contributed by atoms with Gasteiger partial charge in [-0.2, -0.15) is 15.1 Å². The highest BCUT2D eigenvalue weighted by Gasteiger charge is 2.72. The fourth-order valence-electron chi connectivity index (χ4n) is 16.1. The Morgan fingerprint density at radius 3 is 2.33 bits per heavy atom. The van der Waals surface area contributed by atoms with Gasteiger partial charge in [0.15, 0.2) is 5.76 Å². The molecular weight excluding hydrogens is 1280 g/mol. The minimum Gasteiger partial charge on any atom is -0.475 e. The first-order valence-electron chi connectivity index (χ1n) is 33.9. The maximum absolute atomic E-state index is 16.7. The van der Waals surface area contributed by atoms with E-state index in [0.717, 1.165) is 71.9 Å². The van der Waals surface area contributed by atoms with Crippen LogP contribution in [0.25, 0.3) is 63.7 Å². The zero-order valence-electron chi connectivity index (χ0n) is 55.8. The summed E-state index contributed by atoms with van der Waals surface area (Å²) in [7, 11) is -2.30. The van der Waals surface area contributed by atoms with Crippen molar-refractivity contribution in [2.45, 2.75) is 160 Å². The molecule has 10 heterocycles. The maximum Gasteiger partial charge on any atom is 0.319 e. The highest BCUT2D eigenvalue weighted by Crippen LogP contribution is 2.61. The van der Waals surface area contributed by atoms with Crippen LogP contribution in [0.4, 0.5) is 19.0 Å². The van der Waals surface area contributed by atoms with Crippen molar-refractivity contribution in [3.63, 3.8) is 0 Å². The third kappa shape index (κ3) is 12.2. The van der Waals surface area contributed by atoms with E-state index < -0.39 is 43.3 Å². The van der Waals surface area contributed by atoms with Crippen molar-refractivity contribution in [1.82, 2.24) is 55.7 Å². The Balaban J connectivity index is 0.661. The van der Waals surface area contributed by atoms with Crippen LogP contribution >= 0.6 is 22.7 Å². The van der Waals surface area contributed by atoms with Crippen LogP contribution in [-0.2, 0) is 16.1 Å².